The molecule has 2 N–H and O–H groups in total. The van der Waals surface area contributed by atoms with Gasteiger partial charge in [-0.3, -0.25) is 4.79 Å². The number of carbonyl (C=O) groups excluding carboxylic acids is 1. The van der Waals surface area contributed by atoms with E-state index in [1.165, 1.54) is 12.1 Å². The zero-order chi connectivity index (χ0) is 14.5. The molecule has 1 aliphatic heterocycles. The number of nitrogens with zero attached hydrogens (tertiary/aromatic N) is 1. The fourth-order valence-corrected chi connectivity index (χ4v) is 2.45. The Balaban J connectivity index is 2.00. The summed E-state index contributed by atoms with van der Waals surface area (Å²) < 4.78 is 13.3. The highest BCUT2D eigenvalue weighted by Gasteiger charge is 2.29. The van der Waals surface area contributed by atoms with Crippen LogP contribution in [0.4, 0.5) is 9.18 Å². The van der Waals surface area contributed by atoms with Crippen molar-refractivity contribution in [3.63, 3.8) is 0 Å². The molecule has 1 atom stereocenters. The summed E-state index contributed by atoms with van der Waals surface area (Å²) >= 11 is 0. The van der Waals surface area contributed by atoms with Crippen LogP contribution in [0.3, 0.4) is 0 Å². The molecule has 1 saturated heterocycles. The van der Waals surface area contributed by atoms with Gasteiger partial charge in [-0.25, -0.2) is 9.18 Å². The smallest absolute Gasteiger partial charge is 0.317 e. The van der Waals surface area contributed by atoms with Crippen molar-refractivity contribution in [3.05, 3.63) is 35.6 Å². The molecular weight excluding hydrogens is 263 g/mol. The molecule has 0 saturated carbocycles. The third kappa shape index (κ3) is 3.46. The highest BCUT2D eigenvalue weighted by molar-refractivity contribution is 5.76. The molecule has 0 spiro atoms. The van der Waals surface area contributed by atoms with E-state index in [9.17, 15) is 14.0 Å². The summed E-state index contributed by atoms with van der Waals surface area (Å²) in [6.45, 7) is 0.695. The van der Waals surface area contributed by atoms with E-state index in [1.54, 1.807) is 17.0 Å². The molecule has 6 heteroatoms. The lowest BCUT2D eigenvalue weighted by atomic mass is 10.0. The van der Waals surface area contributed by atoms with Gasteiger partial charge >= 0.3 is 12.0 Å². The van der Waals surface area contributed by atoms with Crippen molar-refractivity contribution in [1.29, 1.82) is 0 Å². The molecule has 1 aliphatic rings. The van der Waals surface area contributed by atoms with Gasteiger partial charge in [0.2, 0.25) is 0 Å². The molecular formula is C14H17FN2O3. The Kier molecular flexibility index (Phi) is 4.55. The average molecular weight is 280 g/mol. The molecule has 108 valence electrons. The van der Waals surface area contributed by atoms with Gasteiger partial charge in [0.25, 0.3) is 0 Å². The van der Waals surface area contributed by atoms with Crippen molar-refractivity contribution >= 4 is 12.0 Å². The van der Waals surface area contributed by atoms with E-state index < -0.39 is 5.97 Å². The van der Waals surface area contributed by atoms with Crippen LogP contribution < -0.4 is 5.32 Å². The first-order chi connectivity index (χ1) is 9.58. The van der Waals surface area contributed by atoms with Gasteiger partial charge in [-0.1, -0.05) is 12.1 Å². The predicted octanol–water partition coefficient (Wildman–Crippen LogP) is 2.15. The van der Waals surface area contributed by atoms with Gasteiger partial charge in [-0.15, -0.1) is 0 Å². The highest BCUT2D eigenvalue weighted by atomic mass is 19.1. The number of benzene rings is 1. The molecule has 0 radical (unpaired) electrons. The van der Waals surface area contributed by atoms with Crippen LogP contribution in [-0.2, 0) is 4.79 Å². The largest absolute Gasteiger partial charge is 0.481 e. The van der Waals surface area contributed by atoms with Crippen LogP contribution in [-0.4, -0.2) is 35.1 Å². The number of likely N-dealkylation sites (tertiary alicyclic amines) is 1. The number of nitrogens with one attached hydrogen (secondary N) is 1. The van der Waals surface area contributed by atoms with Crippen LogP contribution in [0.5, 0.6) is 0 Å². The summed E-state index contributed by atoms with van der Waals surface area (Å²) in [6.07, 6.45) is 1.54. The monoisotopic (exact) mass is 280 g/mol. The zero-order valence-electron chi connectivity index (χ0n) is 11.0. The number of carboxylic acid groups (broad SMARTS) is 1. The van der Waals surface area contributed by atoms with Crippen molar-refractivity contribution in [2.45, 2.75) is 25.3 Å². The van der Waals surface area contributed by atoms with Crippen molar-refractivity contribution in [1.82, 2.24) is 10.2 Å². The van der Waals surface area contributed by atoms with E-state index >= 15 is 0 Å². The summed E-state index contributed by atoms with van der Waals surface area (Å²) in [4.78, 5) is 24.1. The Morgan fingerprint density at radius 2 is 2.25 bits per heavy atom. The summed E-state index contributed by atoms with van der Waals surface area (Å²) in [6, 6.07) is 5.80. The van der Waals surface area contributed by atoms with Gasteiger partial charge < -0.3 is 15.3 Å². The number of urea groups is 1. The van der Waals surface area contributed by atoms with Crippen LogP contribution in [0.25, 0.3) is 0 Å². The van der Waals surface area contributed by atoms with Crippen molar-refractivity contribution in [2.75, 3.05) is 13.1 Å². The third-order valence-corrected chi connectivity index (χ3v) is 3.36. The molecule has 0 aromatic heterocycles. The molecule has 20 heavy (non-hydrogen) atoms. The van der Waals surface area contributed by atoms with Gasteiger partial charge in [-0.2, -0.15) is 0 Å². The molecule has 0 aliphatic carbocycles. The molecule has 5 nitrogen and oxygen atoms in total. The Morgan fingerprint density at radius 1 is 1.45 bits per heavy atom. The molecule has 1 fully saturated rings. The van der Waals surface area contributed by atoms with E-state index in [0.29, 0.717) is 6.54 Å². The molecule has 2 rings (SSSR count). The first-order valence-electron chi connectivity index (χ1n) is 6.59. The van der Waals surface area contributed by atoms with Crippen molar-refractivity contribution in [2.24, 2.45) is 0 Å². The first-order valence-corrected chi connectivity index (χ1v) is 6.59. The summed E-state index contributed by atoms with van der Waals surface area (Å²) in [7, 11) is 0. The fraction of sp³-hybridized carbons (Fsp3) is 0.429. The minimum Gasteiger partial charge on any atom is -0.481 e. The topological polar surface area (TPSA) is 69.6 Å². The molecule has 1 unspecified atom stereocenters. The minimum absolute atomic E-state index is 0.0978. The van der Waals surface area contributed by atoms with Crippen LogP contribution in [0.15, 0.2) is 24.3 Å². The van der Waals surface area contributed by atoms with Crippen LogP contribution in [0.2, 0.25) is 0 Å². The lowest BCUT2D eigenvalue weighted by molar-refractivity contribution is -0.136. The second-order valence-corrected chi connectivity index (χ2v) is 4.78. The quantitative estimate of drug-likeness (QED) is 0.887. The number of carbonyl (C=O) groups is 2. The normalized spacial score (nSPS) is 18.1. The van der Waals surface area contributed by atoms with E-state index in [0.717, 1.165) is 18.4 Å². The average Bonchev–Trinajstić information content (AvgIpc) is 2.87. The maximum atomic E-state index is 13.3. The van der Waals surface area contributed by atoms with E-state index in [4.69, 9.17) is 5.11 Å². The Labute approximate surface area is 116 Å². The van der Waals surface area contributed by atoms with Crippen LogP contribution >= 0.6 is 0 Å². The summed E-state index contributed by atoms with van der Waals surface area (Å²) in [5, 5.41) is 11.1. The van der Waals surface area contributed by atoms with Crippen LogP contribution in [0, 0.1) is 5.82 Å². The number of carboxylic acids is 1. The zero-order valence-corrected chi connectivity index (χ0v) is 11.0. The highest BCUT2D eigenvalue weighted by Crippen LogP contribution is 2.31. The second kappa shape index (κ2) is 6.36. The first kappa shape index (κ1) is 14.3. The summed E-state index contributed by atoms with van der Waals surface area (Å²) in [5.74, 6) is -1.27. The predicted molar refractivity (Wildman–Crippen MR) is 70.7 cm³/mol. The second-order valence-electron chi connectivity index (χ2n) is 4.78. The number of hydrogen-bond acceptors (Lipinski definition) is 2. The summed E-state index contributed by atoms with van der Waals surface area (Å²) in [5.41, 5.74) is 0.774. The number of rotatable bonds is 4. The van der Waals surface area contributed by atoms with Gasteiger partial charge in [0.05, 0.1) is 12.5 Å². The minimum atomic E-state index is -0.951. The third-order valence-electron chi connectivity index (χ3n) is 3.36. The maximum Gasteiger partial charge on any atom is 0.317 e. The van der Waals surface area contributed by atoms with Gasteiger partial charge in [0.1, 0.15) is 5.82 Å². The van der Waals surface area contributed by atoms with Crippen LogP contribution in [0.1, 0.15) is 30.9 Å². The van der Waals surface area contributed by atoms with E-state index in [-0.39, 0.29) is 30.9 Å². The lowest BCUT2D eigenvalue weighted by Gasteiger charge is -2.25. The molecule has 1 heterocycles. The Morgan fingerprint density at radius 3 is 2.95 bits per heavy atom. The van der Waals surface area contributed by atoms with E-state index in [2.05, 4.69) is 5.32 Å². The number of aliphatic carboxylic acids is 1. The van der Waals surface area contributed by atoms with Gasteiger partial charge in [-0.05, 0) is 30.5 Å². The Bertz CT molecular complexity index is 507. The standard InChI is InChI=1S/C14H17FN2O3/c15-11-4-1-3-10(9-11)12-5-2-8-17(12)14(20)16-7-6-13(18)19/h1,3-4,9,12H,2,5-8H2,(H,16,20)(H,18,19). The number of amides is 2. The SMILES string of the molecule is O=C(O)CCNC(=O)N1CCCC1c1cccc(F)c1. The Hall–Kier alpha value is -2.11. The molecule has 2 amide bonds. The van der Waals surface area contributed by atoms with E-state index in [1.807, 2.05) is 0 Å². The van der Waals surface area contributed by atoms with Crippen molar-refractivity contribution < 1.29 is 19.1 Å². The van der Waals surface area contributed by atoms with Gasteiger partial charge in [0, 0.05) is 13.1 Å². The number of halogens is 1. The molecule has 0 bridgehead atoms. The maximum absolute atomic E-state index is 13.3. The molecule has 1 aromatic rings. The number of hydrogen-bond donors (Lipinski definition) is 2. The van der Waals surface area contributed by atoms with Gasteiger partial charge in [0.15, 0.2) is 0 Å². The lowest BCUT2D eigenvalue weighted by Crippen LogP contribution is -2.40. The fourth-order valence-electron chi connectivity index (χ4n) is 2.45. The molecule has 1 aromatic carbocycles. The van der Waals surface area contributed by atoms with Crippen molar-refractivity contribution in [3.8, 4) is 0 Å².